The summed E-state index contributed by atoms with van der Waals surface area (Å²) in [7, 11) is 0. The zero-order valence-electron chi connectivity index (χ0n) is 13.7. The number of halogens is 1. The number of hydrogen-bond donors (Lipinski definition) is 2. The van der Waals surface area contributed by atoms with Gasteiger partial charge in [-0.1, -0.05) is 12.1 Å². The number of aryl methyl sites for hydroxylation is 2. The molecule has 0 saturated heterocycles. The lowest BCUT2D eigenvalue weighted by molar-refractivity contribution is 0.0990. The van der Waals surface area contributed by atoms with Gasteiger partial charge in [0.15, 0.2) is 5.78 Å². The molecule has 0 unspecified atom stereocenters. The molecule has 2 N–H and O–H groups in total. The van der Waals surface area contributed by atoms with Gasteiger partial charge in [-0.2, -0.15) is 0 Å². The quantitative estimate of drug-likeness (QED) is 0.673. The molecular formula is C19H19FN2O2. The predicted octanol–water partition coefficient (Wildman–Crippen LogP) is 4.00. The van der Waals surface area contributed by atoms with Crippen molar-refractivity contribution in [2.24, 2.45) is 0 Å². The third-order valence-corrected chi connectivity index (χ3v) is 3.95. The molecule has 3 rings (SSSR count). The zero-order valence-corrected chi connectivity index (χ0v) is 13.7. The molecule has 0 fully saturated rings. The van der Waals surface area contributed by atoms with Gasteiger partial charge in [0.05, 0.1) is 19.4 Å². The molecule has 0 spiro atoms. The Morgan fingerprint density at radius 1 is 1.17 bits per heavy atom. The Morgan fingerprint density at radius 3 is 2.58 bits per heavy atom. The lowest BCUT2D eigenvalue weighted by Gasteiger charge is -2.07. The first-order valence-corrected chi connectivity index (χ1v) is 7.77. The maximum Gasteiger partial charge on any atom is 0.179 e. The van der Waals surface area contributed by atoms with E-state index < -0.39 is 0 Å². The third-order valence-electron chi connectivity index (χ3n) is 3.95. The minimum Gasteiger partial charge on any atom is -0.468 e. The third kappa shape index (κ3) is 3.31. The minimum atomic E-state index is -0.295. The average molecular weight is 326 g/mol. The largest absolute Gasteiger partial charge is 0.468 e. The molecule has 4 nitrogen and oxygen atoms in total. The van der Waals surface area contributed by atoms with E-state index in [1.54, 1.807) is 18.4 Å². The summed E-state index contributed by atoms with van der Waals surface area (Å²) in [5, 5.41) is 3.09. The number of benzene rings is 1. The van der Waals surface area contributed by atoms with Gasteiger partial charge in [0.1, 0.15) is 11.6 Å². The van der Waals surface area contributed by atoms with Crippen LogP contribution < -0.4 is 5.32 Å². The first-order valence-electron chi connectivity index (χ1n) is 7.77. The number of ketones is 1. The van der Waals surface area contributed by atoms with Crippen LogP contribution in [0.1, 0.15) is 27.5 Å². The summed E-state index contributed by atoms with van der Waals surface area (Å²) >= 11 is 0. The van der Waals surface area contributed by atoms with Crippen molar-refractivity contribution in [1.82, 2.24) is 10.3 Å². The summed E-state index contributed by atoms with van der Waals surface area (Å²) in [5.74, 6) is 0.475. The van der Waals surface area contributed by atoms with E-state index in [9.17, 15) is 9.18 Å². The van der Waals surface area contributed by atoms with E-state index in [1.165, 1.54) is 12.1 Å². The smallest absolute Gasteiger partial charge is 0.179 e. The number of nitrogens with one attached hydrogen (secondary N) is 2. The van der Waals surface area contributed by atoms with E-state index in [0.29, 0.717) is 12.1 Å². The molecule has 0 amide bonds. The van der Waals surface area contributed by atoms with Crippen molar-refractivity contribution in [3.8, 4) is 11.1 Å². The van der Waals surface area contributed by atoms with Crippen LogP contribution >= 0.6 is 0 Å². The Hall–Kier alpha value is -2.66. The highest BCUT2D eigenvalue weighted by Gasteiger charge is 2.20. The van der Waals surface area contributed by atoms with Crippen LogP contribution in [0.4, 0.5) is 4.39 Å². The second-order valence-electron chi connectivity index (χ2n) is 5.74. The standard InChI is InChI=1S/C19H19FN2O2/c1-12-18(14-5-7-15(20)8-6-14)19(13(2)22-12)17(23)11-21-10-16-4-3-9-24-16/h3-9,21-22H,10-11H2,1-2H3. The molecule has 0 radical (unpaired) electrons. The highest BCUT2D eigenvalue weighted by Crippen LogP contribution is 2.30. The topological polar surface area (TPSA) is 58.0 Å². The fourth-order valence-corrected chi connectivity index (χ4v) is 2.91. The van der Waals surface area contributed by atoms with Crippen molar-refractivity contribution in [2.45, 2.75) is 20.4 Å². The van der Waals surface area contributed by atoms with E-state index in [1.807, 2.05) is 26.0 Å². The molecule has 0 atom stereocenters. The van der Waals surface area contributed by atoms with Crippen molar-refractivity contribution in [2.75, 3.05) is 6.54 Å². The van der Waals surface area contributed by atoms with Gasteiger partial charge in [0.25, 0.3) is 0 Å². The fraction of sp³-hybridized carbons (Fsp3) is 0.211. The molecule has 1 aromatic carbocycles. The molecule has 0 bridgehead atoms. The fourth-order valence-electron chi connectivity index (χ4n) is 2.91. The molecule has 0 saturated carbocycles. The van der Waals surface area contributed by atoms with Crippen LogP contribution in [0.5, 0.6) is 0 Å². The molecular weight excluding hydrogens is 307 g/mol. The van der Waals surface area contributed by atoms with Gasteiger partial charge in [0, 0.05) is 22.5 Å². The van der Waals surface area contributed by atoms with Crippen LogP contribution in [0.15, 0.2) is 47.1 Å². The Morgan fingerprint density at radius 2 is 1.92 bits per heavy atom. The van der Waals surface area contributed by atoms with E-state index in [4.69, 9.17) is 4.42 Å². The van der Waals surface area contributed by atoms with E-state index in [0.717, 1.165) is 28.3 Å². The van der Waals surface area contributed by atoms with Gasteiger partial charge in [-0.15, -0.1) is 0 Å². The number of aromatic nitrogens is 1. The van der Waals surface area contributed by atoms with Gasteiger partial charge in [-0.05, 0) is 43.7 Å². The summed E-state index contributed by atoms with van der Waals surface area (Å²) in [6.45, 7) is 4.48. The van der Waals surface area contributed by atoms with Gasteiger partial charge in [-0.25, -0.2) is 4.39 Å². The molecule has 0 aliphatic heterocycles. The number of H-pyrrole nitrogens is 1. The Balaban J connectivity index is 1.81. The van der Waals surface area contributed by atoms with Crippen molar-refractivity contribution in [3.05, 3.63) is 71.2 Å². The second kappa shape index (κ2) is 6.84. The maximum atomic E-state index is 13.2. The average Bonchev–Trinajstić information content (AvgIpc) is 3.16. The van der Waals surface area contributed by atoms with Crippen LogP contribution in [0.3, 0.4) is 0 Å². The van der Waals surface area contributed by atoms with E-state index >= 15 is 0 Å². The highest BCUT2D eigenvalue weighted by molar-refractivity contribution is 6.05. The molecule has 0 aliphatic rings. The first-order chi connectivity index (χ1) is 11.6. The van der Waals surface area contributed by atoms with Gasteiger partial charge < -0.3 is 14.7 Å². The highest BCUT2D eigenvalue weighted by atomic mass is 19.1. The molecule has 2 aromatic heterocycles. The molecule has 124 valence electrons. The SMILES string of the molecule is Cc1[nH]c(C)c(-c2ccc(F)cc2)c1C(=O)CNCc1ccco1. The van der Waals surface area contributed by atoms with E-state index in [2.05, 4.69) is 10.3 Å². The number of rotatable bonds is 6. The molecule has 5 heteroatoms. The number of Topliss-reactive ketones (excluding diaryl/α,β-unsaturated/α-hetero) is 1. The molecule has 0 aliphatic carbocycles. The summed E-state index contributed by atoms with van der Waals surface area (Å²) in [6.07, 6.45) is 1.60. The van der Waals surface area contributed by atoms with Crippen LogP contribution in [-0.2, 0) is 6.54 Å². The van der Waals surface area contributed by atoms with Gasteiger partial charge >= 0.3 is 0 Å². The molecule has 2 heterocycles. The van der Waals surface area contributed by atoms with Crippen molar-refractivity contribution < 1.29 is 13.6 Å². The number of carbonyl (C=O) groups is 1. The maximum absolute atomic E-state index is 13.2. The van der Waals surface area contributed by atoms with Crippen molar-refractivity contribution in [1.29, 1.82) is 0 Å². The van der Waals surface area contributed by atoms with Gasteiger partial charge in [-0.3, -0.25) is 4.79 Å². The lowest BCUT2D eigenvalue weighted by atomic mass is 9.97. The summed E-state index contributed by atoms with van der Waals surface area (Å²) in [4.78, 5) is 15.9. The van der Waals surface area contributed by atoms with Crippen LogP contribution in [0.2, 0.25) is 0 Å². The summed E-state index contributed by atoms with van der Waals surface area (Å²) in [5.41, 5.74) is 4.01. The number of furan rings is 1. The minimum absolute atomic E-state index is 0.0114. The number of hydrogen-bond acceptors (Lipinski definition) is 3. The van der Waals surface area contributed by atoms with Crippen LogP contribution in [0, 0.1) is 19.7 Å². The molecule has 24 heavy (non-hydrogen) atoms. The Bertz CT molecular complexity index is 833. The predicted molar refractivity (Wildman–Crippen MR) is 90.4 cm³/mol. The first kappa shape index (κ1) is 16.2. The van der Waals surface area contributed by atoms with Crippen molar-refractivity contribution >= 4 is 5.78 Å². The van der Waals surface area contributed by atoms with Crippen LogP contribution in [0.25, 0.3) is 11.1 Å². The van der Waals surface area contributed by atoms with Crippen molar-refractivity contribution in [3.63, 3.8) is 0 Å². The normalized spacial score (nSPS) is 11.0. The number of carbonyl (C=O) groups excluding carboxylic acids is 1. The Labute approximate surface area is 139 Å². The zero-order chi connectivity index (χ0) is 17.1. The molecule has 3 aromatic rings. The van der Waals surface area contributed by atoms with Crippen LogP contribution in [-0.4, -0.2) is 17.3 Å². The summed E-state index contributed by atoms with van der Waals surface area (Å²) < 4.78 is 18.4. The number of aromatic amines is 1. The Kier molecular flexibility index (Phi) is 4.62. The monoisotopic (exact) mass is 326 g/mol. The second-order valence-corrected chi connectivity index (χ2v) is 5.74. The summed E-state index contributed by atoms with van der Waals surface area (Å²) in [6, 6.07) is 9.86. The van der Waals surface area contributed by atoms with E-state index in [-0.39, 0.29) is 18.1 Å². The lowest BCUT2D eigenvalue weighted by Crippen LogP contribution is -2.23. The van der Waals surface area contributed by atoms with Gasteiger partial charge in [0.2, 0.25) is 0 Å².